The molecule has 94 valence electrons. The van der Waals surface area contributed by atoms with Crippen molar-refractivity contribution in [2.24, 2.45) is 11.8 Å². The van der Waals surface area contributed by atoms with E-state index in [4.69, 9.17) is 5.11 Å². The Kier molecular flexibility index (Phi) is 5.16. The number of carboxylic acid groups (broad SMARTS) is 1. The van der Waals surface area contributed by atoms with Crippen molar-refractivity contribution in [2.45, 2.75) is 32.8 Å². The van der Waals surface area contributed by atoms with E-state index in [0.29, 0.717) is 18.8 Å². The minimum atomic E-state index is -0.929. The van der Waals surface area contributed by atoms with Crippen LogP contribution in [0, 0.1) is 11.8 Å². The van der Waals surface area contributed by atoms with Gasteiger partial charge >= 0.3 is 5.97 Å². The van der Waals surface area contributed by atoms with Crippen LogP contribution in [0.3, 0.4) is 0 Å². The molecule has 0 unspecified atom stereocenters. The molecule has 0 radical (unpaired) electrons. The highest BCUT2D eigenvalue weighted by atomic mass is 16.4. The number of carboxylic acids is 1. The lowest BCUT2D eigenvalue weighted by atomic mass is 9.89. The molecule has 2 N–H and O–H groups in total. The molecule has 0 amide bonds. The van der Waals surface area contributed by atoms with Crippen molar-refractivity contribution in [1.82, 2.24) is 0 Å². The van der Waals surface area contributed by atoms with Gasteiger partial charge in [-0.2, -0.15) is 0 Å². The topological polar surface area (TPSA) is 57.5 Å². The fourth-order valence-electron chi connectivity index (χ4n) is 1.90. The van der Waals surface area contributed by atoms with Crippen molar-refractivity contribution < 1.29 is 15.0 Å². The molecule has 3 heteroatoms. The van der Waals surface area contributed by atoms with Crippen LogP contribution in [0.5, 0.6) is 0 Å². The maximum atomic E-state index is 11.2. The van der Waals surface area contributed by atoms with Gasteiger partial charge in [-0.1, -0.05) is 44.2 Å². The average molecular weight is 236 g/mol. The SMILES string of the molecule is CC(C)C[C@@H](O)[C@H](Cc1ccccc1)C(=O)O. The highest BCUT2D eigenvalue weighted by molar-refractivity contribution is 5.71. The summed E-state index contributed by atoms with van der Waals surface area (Å²) < 4.78 is 0. The monoisotopic (exact) mass is 236 g/mol. The van der Waals surface area contributed by atoms with Crippen LogP contribution in [0.4, 0.5) is 0 Å². The molecule has 0 spiro atoms. The Hall–Kier alpha value is -1.35. The number of aliphatic carboxylic acids is 1. The average Bonchev–Trinajstić information content (AvgIpc) is 2.25. The number of rotatable bonds is 6. The van der Waals surface area contributed by atoms with Crippen LogP contribution >= 0.6 is 0 Å². The molecule has 0 fully saturated rings. The molecule has 3 nitrogen and oxygen atoms in total. The molecular weight excluding hydrogens is 216 g/mol. The van der Waals surface area contributed by atoms with Crippen molar-refractivity contribution in [3.63, 3.8) is 0 Å². The van der Waals surface area contributed by atoms with Crippen molar-refractivity contribution >= 4 is 5.97 Å². The van der Waals surface area contributed by atoms with E-state index in [2.05, 4.69) is 0 Å². The van der Waals surface area contributed by atoms with Crippen LogP contribution in [-0.2, 0) is 11.2 Å². The van der Waals surface area contributed by atoms with Crippen LogP contribution < -0.4 is 0 Å². The molecule has 0 aliphatic heterocycles. The fraction of sp³-hybridized carbons (Fsp3) is 0.500. The Morgan fingerprint density at radius 1 is 1.24 bits per heavy atom. The normalized spacial score (nSPS) is 14.6. The van der Waals surface area contributed by atoms with E-state index >= 15 is 0 Å². The quantitative estimate of drug-likeness (QED) is 0.797. The van der Waals surface area contributed by atoms with Crippen LogP contribution in [0.2, 0.25) is 0 Å². The van der Waals surface area contributed by atoms with Gasteiger partial charge in [-0.25, -0.2) is 0 Å². The summed E-state index contributed by atoms with van der Waals surface area (Å²) in [4.78, 5) is 11.2. The Morgan fingerprint density at radius 3 is 2.29 bits per heavy atom. The molecule has 0 aromatic heterocycles. The first kappa shape index (κ1) is 13.7. The van der Waals surface area contributed by atoms with Crippen LogP contribution in [-0.4, -0.2) is 22.3 Å². The Labute approximate surface area is 102 Å². The molecule has 0 saturated carbocycles. The predicted octanol–water partition coefficient (Wildman–Crippen LogP) is 2.34. The largest absolute Gasteiger partial charge is 0.481 e. The van der Waals surface area contributed by atoms with E-state index in [1.54, 1.807) is 0 Å². The van der Waals surface area contributed by atoms with E-state index in [-0.39, 0.29) is 0 Å². The van der Waals surface area contributed by atoms with Gasteiger partial charge in [0.2, 0.25) is 0 Å². The summed E-state index contributed by atoms with van der Waals surface area (Å²) in [6, 6.07) is 9.42. The van der Waals surface area contributed by atoms with Gasteiger partial charge < -0.3 is 10.2 Å². The molecule has 0 saturated heterocycles. The summed E-state index contributed by atoms with van der Waals surface area (Å²) in [7, 11) is 0. The lowest BCUT2D eigenvalue weighted by Crippen LogP contribution is -2.31. The zero-order valence-electron chi connectivity index (χ0n) is 10.3. The molecule has 0 aliphatic rings. The highest BCUT2D eigenvalue weighted by Gasteiger charge is 2.27. The number of hydrogen-bond acceptors (Lipinski definition) is 2. The molecule has 0 aliphatic carbocycles. The standard InChI is InChI=1S/C14H20O3/c1-10(2)8-13(15)12(14(16)17)9-11-6-4-3-5-7-11/h3-7,10,12-13,15H,8-9H2,1-2H3,(H,16,17)/t12-,13+/m0/s1. The lowest BCUT2D eigenvalue weighted by Gasteiger charge is -2.20. The summed E-state index contributed by atoms with van der Waals surface area (Å²) >= 11 is 0. The minimum absolute atomic E-state index is 0.294. The first-order valence-corrected chi connectivity index (χ1v) is 5.95. The third kappa shape index (κ3) is 4.57. The van der Waals surface area contributed by atoms with Crippen molar-refractivity contribution in [3.8, 4) is 0 Å². The van der Waals surface area contributed by atoms with Crippen LogP contribution in [0.25, 0.3) is 0 Å². The molecule has 1 aromatic rings. The van der Waals surface area contributed by atoms with Gasteiger partial charge in [-0.05, 0) is 24.3 Å². The van der Waals surface area contributed by atoms with Gasteiger partial charge in [-0.3, -0.25) is 4.79 Å². The number of aliphatic hydroxyl groups excluding tert-OH is 1. The zero-order valence-corrected chi connectivity index (χ0v) is 10.3. The third-order valence-corrected chi connectivity index (χ3v) is 2.79. The van der Waals surface area contributed by atoms with Gasteiger partial charge in [0.05, 0.1) is 12.0 Å². The van der Waals surface area contributed by atoms with Crippen LogP contribution in [0.1, 0.15) is 25.8 Å². The van der Waals surface area contributed by atoms with Crippen molar-refractivity contribution in [1.29, 1.82) is 0 Å². The van der Waals surface area contributed by atoms with Crippen molar-refractivity contribution in [2.75, 3.05) is 0 Å². The van der Waals surface area contributed by atoms with Gasteiger partial charge in [0, 0.05) is 0 Å². The Balaban J connectivity index is 2.70. The first-order valence-electron chi connectivity index (χ1n) is 5.95. The Bertz CT molecular complexity index is 346. The minimum Gasteiger partial charge on any atom is -0.481 e. The third-order valence-electron chi connectivity index (χ3n) is 2.79. The second-order valence-corrected chi connectivity index (χ2v) is 4.83. The van der Waals surface area contributed by atoms with E-state index in [0.717, 1.165) is 5.56 Å². The second kappa shape index (κ2) is 6.40. The molecular formula is C14H20O3. The molecule has 2 atom stereocenters. The lowest BCUT2D eigenvalue weighted by molar-refractivity contribution is -0.146. The fourth-order valence-corrected chi connectivity index (χ4v) is 1.90. The zero-order chi connectivity index (χ0) is 12.8. The smallest absolute Gasteiger partial charge is 0.309 e. The Morgan fingerprint density at radius 2 is 1.82 bits per heavy atom. The van der Waals surface area contributed by atoms with Crippen molar-refractivity contribution in [3.05, 3.63) is 35.9 Å². The summed E-state index contributed by atoms with van der Waals surface area (Å²) in [6.07, 6.45) is 0.112. The van der Waals surface area contributed by atoms with Crippen LogP contribution in [0.15, 0.2) is 30.3 Å². The summed E-state index contributed by atoms with van der Waals surface area (Å²) in [5, 5.41) is 19.1. The van der Waals surface area contributed by atoms with Gasteiger partial charge in [-0.15, -0.1) is 0 Å². The molecule has 1 rings (SSSR count). The molecule has 0 bridgehead atoms. The number of hydrogen-bond donors (Lipinski definition) is 2. The molecule has 1 aromatic carbocycles. The van der Waals surface area contributed by atoms with Gasteiger partial charge in [0.25, 0.3) is 0 Å². The summed E-state index contributed by atoms with van der Waals surface area (Å²) in [6.45, 7) is 3.95. The predicted molar refractivity (Wildman–Crippen MR) is 66.7 cm³/mol. The summed E-state index contributed by atoms with van der Waals surface area (Å²) in [5.74, 6) is -1.36. The maximum Gasteiger partial charge on any atom is 0.309 e. The molecule has 17 heavy (non-hydrogen) atoms. The van der Waals surface area contributed by atoms with Gasteiger partial charge in [0.15, 0.2) is 0 Å². The number of carbonyl (C=O) groups is 1. The van der Waals surface area contributed by atoms with E-state index < -0.39 is 18.0 Å². The number of benzene rings is 1. The molecule has 0 heterocycles. The van der Waals surface area contributed by atoms with E-state index in [1.807, 2.05) is 44.2 Å². The number of aliphatic hydroxyl groups is 1. The summed E-state index contributed by atoms with van der Waals surface area (Å²) in [5.41, 5.74) is 0.947. The van der Waals surface area contributed by atoms with Gasteiger partial charge in [0.1, 0.15) is 0 Å². The highest BCUT2D eigenvalue weighted by Crippen LogP contribution is 2.18. The van der Waals surface area contributed by atoms with E-state index in [9.17, 15) is 9.90 Å². The second-order valence-electron chi connectivity index (χ2n) is 4.83. The van der Waals surface area contributed by atoms with E-state index in [1.165, 1.54) is 0 Å². The maximum absolute atomic E-state index is 11.2. The first-order chi connectivity index (χ1) is 8.00.